The lowest BCUT2D eigenvalue weighted by Gasteiger charge is -2.20. The summed E-state index contributed by atoms with van der Waals surface area (Å²) in [5, 5.41) is 10.5. The number of nitro benzene ring substituents is 1. The maximum absolute atomic E-state index is 11.0. The summed E-state index contributed by atoms with van der Waals surface area (Å²) < 4.78 is 22.1. The van der Waals surface area contributed by atoms with Gasteiger partial charge in [0.1, 0.15) is 9.84 Å². The van der Waals surface area contributed by atoms with Crippen LogP contribution >= 0.6 is 0 Å². The van der Waals surface area contributed by atoms with Crippen LogP contribution in [0.4, 0.5) is 17.1 Å². The maximum Gasteiger partial charge on any atom is 0.271 e. The number of hydrogen-bond donors (Lipinski definition) is 1. The molecule has 0 amide bonds. The number of sulfone groups is 1. The Bertz CT molecular complexity index is 556. The Kier molecular flexibility index (Phi) is 4.12. The quantitative estimate of drug-likeness (QED) is 0.479. The van der Waals surface area contributed by atoms with Crippen molar-refractivity contribution in [3.8, 4) is 0 Å². The number of nitrogens with zero attached hydrogens (tertiary/aromatic N) is 2. The summed E-state index contributed by atoms with van der Waals surface area (Å²) in [6, 6.07) is 4.10. The lowest BCUT2D eigenvalue weighted by molar-refractivity contribution is -0.384. The minimum atomic E-state index is -3.05. The minimum Gasteiger partial charge on any atom is -0.397 e. The molecule has 0 bridgehead atoms. The molecule has 0 aliphatic heterocycles. The number of benzene rings is 1. The molecule has 0 radical (unpaired) electrons. The van der Waals surface area contributed by atoms with Gasteiger partial charge < -0.3 is 10.6 Å². The molecule has 0 atom stereocenters. The average molecular weight is 273 g/mol. The molecule has 0 unspecified atom stereocenters. The van der Waals surface area contributed by atoms with E-state index < -0.39 is 14.8 Å². The third-order valence-corrected chi connectivity index (χ3v) is 3.35. The fourth-order valence-electron chi connectivity index (χ4n) is 1.43. The largest absolute Gasteiger partial charge is 0.397 e. The van der Waals surface area contributed by atoms with Crippen LogP contribution in [0.2, 0.25) is 0 Å². The lowest BCUT2D eigenvalue weighted by atomic mass is 10.2. The minimum absolute atomic E-state index is 0.0000719. The van der Waals surface area contributed by atoms with E-state index in [1.54, 1.807) is 11.9 Å². The zero-order valence-corrected chi connectivity index (χ0v) is 11.0. The summed E-state index contributed by atoms with van der Waals surface area (Å²) in [5.41, 5.74) is 6.44. The van der Waals surface area contributed by atoms with E-state index in [-0.39, 0.29) is 23.7 Å². The highest BCUT2D eigenvalue weighted by atomic mass is 32.2. The molecule has 0 aromatic heterocycles. The first-order valence-corrected chi connectivity index (χ1v) is 7.19. The van der Waals surface area contributed by atoms with Gasteiger partial charge in [-0.15, -0.1) is 0 Å². The molecule has 2 N–H and O–H groups in total. The fraction of sp³-hybridized carbons (Fsp3) is 0.400. The van der Waals surface area contributed by atoms with E-state index in [2.05, 4.69) is 0 Å². The zero-order chi connectivity index (χ0) is 13.9. The normalized spacial score (nSPS) is 11.2. The summed E-state index contributed by atoms with van der Waals surface area (Å²) in [7, 11) is -1.37. The first-order chi connectivity index (χ1) is 8.20. The van der Waals surface area contributed by atoms with Crippen molar-refractivity contribution in [1.29, 1.82) is 0 Å². The molecule has 0 aliphatic rings. The Labute approximate surface area is 105 Å². The Morgan fingerprint density at radius 3 is 2.50 bits per heavy atom. The summed E-state index contributed by atoms with van der Waals surface area (Å²) in [6.07, 6.45) is 1.15. The van der Waals surface area contributed by atoms with E-state index in [9.17, 15) is 18.5 Å². The molecule has 1 rings (SSSR count). The Morgan fingerprint density at radius 1 is 1.44 bits per heavy atom. The number of hydrogen-bond acceptors (Lipinski definition) is 6. The molecule has 1 aromatic carbocycles. The predicted molar refractivity (Wildman–Crippen MR) is 70.5 cm³/mol. The Hall–Kier alpha value is -1.83. The van der Waals surface area contributed by atoms with Gasteiger partial charge in [-0.05, 0) is 6.07 Å². The van der Waals surface area contributed by atoms with E-state index in [1.807, 2.05) is 0 Å². The van der Waals surface area contributed by atoms with E-state index in [1.165, 1.54) is 18.2 Å². The van der Waals surface area contributed by atoms with Gasteiger partial charge in [0, 0.05) is 32.0 Å². The first kappa shape index (κ1) is 14.2. The second-order valence-electron chi connectivity index (χ2n) is 4.05. The SMILES string of the molecule is CN(CCS(C)(=O)=O)c1ccc([N+](=O)[O-])cc1N. The van der Waals surface area contributed by atoms with Crippen molar-refractivity contribution in [2.24, 2.45) is 0 Å². The molecule has 1 aromatic rings. The Morgan fingerprint density at radius 2 is 2.06 bits per heavy atom. The van der Waals surface area contributed by atoms with Crippen molar-refractivity contribution < 1.29 is 13.3 Å². The van der Waals surface area contributed by atoms with Crippen LogP contribution in [0.5, 0.6) is 0 Å². The molecule has 18 heavy (non-hydrogen) atoms. The third-order valence-electron chi connectivity index (χ3n) is 2.43. The molecule has 100 valence electrons. The standard InChI is InChI=1S/C10H15N3O4S/c1-12(5-6-18(2,16)17)10-4-3-8(13(14)15)7-9(10)11/h3-4,7H,5-6,11H2,1-2H3. The van der Waals surface area contributed by atoms with Crippen molar-refractivity contribution in [1.82, 2.24) is 0 Å². The predicted octanol–water partition coefficient (Wildman–Crippen LogP) is 0.658. The number of nitrogen functional groups attached to an aromatic ring is 1. The number of nitrogens with two attached hydrogens (primary N) is 1. The Balaban J connectivity index is 2.87. The van der Waals surface area contributed by atoms with Gasteiger partial charge in [-0.2, -0.15) is 0 Å². The van der Waals surface area contributed by atoms with Gasteiger partial charge in [-0.1, -0.05) is 0 Å². The second-order valence-corrected chi connectivity index (χ2v) is 6.31. The van der Waals surface area contributed by atoms with Crippen molar-refractivity contribution >= 4 is 26.9 Å². The van der Waals surface area contributed by atoms with E-state index >= 15 is 0 Å². The van der Waals surface area contributed by atoms with Crippen LogP contribution in [0.25, 0.3) is 0 Å². The maximum atomic E-state index is 11.0. The summed E-state index contributed by atoms with van der Waals surface area (Å²) >= 11 is 0. The molecule has 0 fully saturated rings. The topological polar surface area (TPSA) is 107 Å². The monoisotopic (exact) mass is 273 g/mol. The van der Waals surface area contributed by atoms with Crippen LogP contribution in [0, 0.1) is 10.1 Å². The van der Waals surface area contributed by atoms with Crippen LogP contribution < -0.4 is 10.6 Å². The molecule has 0 heterocycles. The van der Waals surface area contributed by atoms with Crippen LogP contribution in [0.15, 0.2) is 18.2 Å². The van der Waals surface area contributed by atoms with Crippen LogP contribution in [0.1, 0.15) is 0 Å². The van der Waals surface area contributed by atoms with Crippen molar-refractivity contribution in [3.05, 3.63) is 28.3 Å². The first-order valence-electron chi connectivity index (χ1n) is 5.13. The molecule has 7 nitrogen and oxygen atoms in total. The fourth-order valence-corrected chi connectivity index (χ4v) is 2.03. The highest BCUT2D eigenvalue weighted by Crippen LogP contribution is 2.26. The number of anilines is 2. The van der Waals surface area contributed by atoms with Gasteiger partial charge in [0.25, 0.3) is 5.69 Å². The molecular weight excluding hydrogens is 258 g/mol. The zero-order valence-electron chi connectivity index (χ0n) is 10.2. The molecule has 8 heteroatoms. The average Bonchev–Trinajstić information content (AvgIpc) is 2.24. The van der Waals surface area contributed by atoms with Gasteiger partial charge in [0.2, 0.25) is 0 Å². The summed E-state index contributed by atoms with van der Waals surface area (Å²) in [5.74, 6) is -0.0000719. The second kappa shape index (κ2) is 5.21. The molecule has 0 spiro atoms. The number of non-ortho nitro benzene ring substituents is 1. The molecule has 0 saturated carbocycles. The van der Waals surface area contributed by atoms with Crippen molar-refractivity contribution in [3.63, 3.8) is 0 Å². The van der Waals surface area contributed by atoms with Gasteiger partial charge in [0.15, 0.2) is 0 Å². The van der Waals surface area contributed by atoms with E-state index in [4.69, 9.17) is 5.73 Å². The van der Waals surface area contributed by atoms with E-state index in [0.717, 1.165) is 6.26 Å². The van der Waals surface area contributed by atoms with Gasteiger partial charge in [-0.25, -0.2) is 8.42 Å². The summed E-state index contributed by atoms with van der Waals surface area (Å²) in [4.78, 5) is 11.7. The van der Waals surface area contributed by atoms with Crippen molar-refractivity contribution in [2.75, 3.05) is 36.2 Å². The van der Waals surface area contributed by atoms with Crippen LogP contribution in [0.3, 0.4) is 0 Å². The van der Waals surface area contributed by atoms with Gasteiger partial charge in [-0.3, -0.25) is 10.1 Å². The highest BCUT2D eigenvalue weighted by Gasteiger charge is 2.12. The van der Waals surface area contributed by atoms with Gasteiger partial charge >= 0.3 is 0 Å². The molecule has 0 aliphatic carbocycles. The van der Waals surface area contributed by atoms with Crippen LogP contribution in [-0.4, -0.2) is 38.9 Å². The van der Waals surface area contributed by atoms with Crippen LogP contribution in [-0.2, 0) is 9.84 Å². The molecular formula is C10H15N3O4S. The van der Waals surface area contributed by atoms with Gasteiger partial charge in [0.05, 0.1) is 22.1 Å². The number of nitro groups is 1. The van der Waals surface area contributed by atoms with Crippen molar-refractivity contribution in [2.45, 2.75) is 0 Å². The highest BCUT2D eigenvalue weighted by molar-refractivity contribution is 7.90. The molecule has 0 saturated heterocycles. The summed E-state index contributed by atoms with van der Waals surface area (Å²) in [6.45, 7) is 0.279. The smallest absolute Gasteiger partial charge is 0.271 e. The number of rotatable bonds is 5. The third kappa shape index (κ3) is 3.88. The van der Waals surface area contributed by atoms with E-state index in [0.29, 0.717) is 5.69 Å². The lowest BCUT2D eigenvalue weighted by Crippen LogP contribution is -2.25.